The van der Waals surface area contributed by atoms with Crippen molar-refractivity contribution >= 4 is 23.3 Å². The van der Waals surface area contributed by atoms with Crippen LogP contribution in [0.25, 0.3) is 0 Å². The summed E-state index contributed by atoms with van der Waals surface area (Å²) in [7, 11) is 1.61. The number of nitro benzene ring substituents is 1. The number of non-ortho nitro benzene ring substituents is 1. The number of hydrogen-bond acceptors (Lipinski definition) is 5. The molecule has 0 heterocycles. The number of carbonyl (C=O) groups excluding carboxylic acids is 1. The van der Waals surface area contributed by atoms with E-state index in [0.717, 1.165) is 17.5 Å². The van der Waals surface area contributed by atoms with Crippen molar-refractivity contribution in [2.45, 2.75) is 20.0 Å². The Labute approximate surface area is 184 Å². The molecule has 0 unspecified atom stereocenters. The lowest BCUT2D eigenvalue weighted by Gasteiger charge is -2.22. The van der Waals surface area contributed by atoms with Gasteiger partial charge in [0, 0.05) is 24.7 Å². The minimum absolute atomic E-state index is 0.0885. The van der Waals surface area contributed by atoms with Crippen molar-refractivity contribution in [2.75, 3.05) is 11.9 Å². The van der Waals surface area contributed by atoms with Gasteiger partial charge < -0.3 is 14.7 Å². The summed E-state index contributed by atoms with van der Waals surface area (Å²) in [6.07, 6.45) is 0.782. The molecule has 164 valence electrons. The second-order valence-electron chi connectivity index (χ2n) is 7.11. The van der Waals surface area contributed by atoms with Crippen molar-refractivity contribution in [3.05, 3.63) is 99.1 Å². The summed E-state index contributed by atoms with van der Waals surface area (Å²) >= 11 is 0. The first kappa shape index (κ1) is 22.5. The lowest BCUT2D eigenvalue weighted by atomic mass is 10.1. The Morgan fingerprint density at radius 2 is 1.56 bits per heavy atom. The van der Waals surface area contributed by atoms with Crippen LogP contribution in [0.5, 0.6) is 5.75 Å². The molecular formula is C24H22N2O6. The first-order valence-corrected chi connectivity index (χ1v) is 9.90. The van der Waals surface area contributed by atoms with Crippen molar-refractivity contribution in [1.29, 1.82) is 0 Å². The lowest BCUT2D eigenvalue weighted by Crippen LogP contribution is -2.26. The molecule has 1 amide bonds. The van der Waals surface area contributed by atoms with Gasteiger partial charge in [0.05, 0.1) is 16.2 Å². The molecule has 0 bridgehead atoms. The van der Waals surface area contributed by atoms with E-state index < -0.39 is 10.9 Å². The largest absolute Gasteiger partial charge is 0.487 e. The van der Waals surface area contributed by atoms with E-state index in [2.05, 4.69) is 0 Å². The van der Waals surface area contributed by atoms with Gasteiger partial charge in [0.25, 0.3) is 11.6 Å². The van der Waals surface area contributed by atoms with E-state index in [1.54, 1.807) is 25.2 Å². The number of aromatic carboxylic acids is 1. The standard InChI is InChI=1S/C24H22N2O6/c1-3-16-6-13-21(25(2)23(27)18-9-11-20(12-10-18)26(30)31)22(14-16)32-15-17-4-7-19(8-5-17)24(28)29/h4-14H,3,15H2,1-2H3,(H,28,29). The van der Waals surface area contributed by atoms with Crippen LogP contribution in [0.15, 0.2) is 66.7 Å². The van der Waals surface area contributed by atoms with Crippen LogP contribution in [0.1, 0.15) is 38.8 Å². The van der Waals surface area contributed by atoms with Gasteiger partial charge in [0.15, 0.2) is 0 Å². The summed E-state index contributed by atoms with van der Waals surface area (Å²) < 4.78 is 5.99. The number of anilines is 1. The molecule has 0 spiro atoms. The van der Waals surface area contributed by atoms with Gasteiger partial charge in [-0.2, -0.15) is 0 Å². The van der Waals surface area contributed by atoms with Crippen molar-refractivity contribution in [3.8, 4) is 5.75 Å². The van der Waals surface area contributed by atoms with Gasteiger partial charge in [-0.25, -0.2) is 4.79 Å². The molecule has 3 aromatic carbocycles. The smallest absolute Gasteiger partial charge is 0.335 e. The van der Waals surface area contributed by atoms with E-state index >= 15 is 0 Å². The number of carbonyl (C=O) groups is 2. The molecule has 0 aliphatic carbocycles. The number of aryl methyl sites for hydroxylation is 1. The highest BCUT2D eigenvalue weighted by Crippen LogP contribution is 2.31. The van der Waals surface area contributed by atoms with E-state index in [0.29, 0.717) is 17.0 Å². The summed E-state index contributed by atoms with van der Waals surface area (Å²) in [5, 5.41) is 19.9. The Morgan fingerprint density at radius 3 is 2.12 bits per heavy atom. The van der Waals surface area contributed by atoms with Gasteiger partial charge >= 0.3 is 5.97 Å². The number of rotatable bonds is 8. The van der Waals surface area contributed by atoms with Gasteiger partial charge in [0.2, 0.25) is 0 Å². The summed E-state index contributed by atoms with van der Waals surface area (Å²) in [6, 6.07) is 17.4. The molecule has 0 fully saturated rings. The van der Waals surface area contributed by atoms with Crippen molar-refractivity contribution in [3.63, 3.8) is 0 Å². The van der Waals surface area contributed by atoms with Crippen LogP contribution in [0, 0.1) is 10.1 Å². The zero-order valence-electron chi connectivity index (χ0n) is 17.6. The first-order valence-electron chi connectivity index (χ1n) is 9.90. The molecule has 32 heavy (non-hydrogen) atoms. The zero-order valence-corrected chi connectivity index (χ0v) is 17.6. The molecule has 0 saturated heterocycles. The van der Waals surface area contributed by atoms with Crippen LogP contribution in [-0.4, -0.2) is 29.0 Å². The van der Waals surface area contributed by atoms with Crippen LogP contribution in [0.4, 0.5) is 11.4 Å². The molecule has 0 aliphatic heterocycles. The minimum atomic E-state index is -0.998. The van der Waals surface area contributed by atoms with E-state index in [-0.39, 0.29) is 23.8 Å². The molecule has 8 heteroatoms. The van der Waals surface area contributed by atoms with Crippen LogP contribution in [0.2, 0.25) is 0 Å². The minimum Gasteiger partial charge on any atom is -0.487 e. The molecule has 0 aromatic heterocycles. The van der Waals surface area contributed by atoms with E-state index in [4.69, 9.17) is 9.84 Å². The Bertz CT molecular complexity index is 1140. The van der Waals surface area contributed by atoms with Gasteiger partial charge in [-0.05, 0) is 53.9 Å². The fourth-order valence-corrected chi connectivity index (χ4v) is 3.10. The van der Waals surface area contributed by atoms with Gasteiger partial charge in [-0.1, -0.05) is 25.1 Å². The van der Waals surface area contributed by atoms with E-state index in [1.807, 2.05) is 19.1 Å². The maximum absolute atomic E-state index is 13.0. The van der Waals surface area contributed by atoms with E-state index in [9.17, 15) is 19.7 Å². The number of nitrogens with zero attached hydrogens (tertiary/aromatic N) is 2. The first-order chi connectivity index (χ1) is 15.3. The van der Waals surface area contributed by atoms with Gasteiger partial charge in [0.1, 0.15) is 12.4 Å². The summed E-state index contributed by atoms with van der Waals surface area (Å²) in [5.41, 5.74) is 2.78. The van der Waals surface area contributed by atoms with Crippen LogP contribution in [-0.2, 0) is 13.0 Å². The Morgan fingerprint density at radius 1 is 0.969 bits per heavy atom. The Hall–Kier alpha value is -4.20. The zero-order chi connectivity index (χ0) is 23.3. The van der Waals surface area contributed by atoms with Gasteiger partial charge in [-0.15, -0.1) is 0 Å². The topological polar surface area (TPSA) is 110 Å². The molecule has 3 aromatic rings. The maximum atomic E-state index is 13.0. The highest BCUT2D eigenvalue weighted by molar-refractivity contribution is 6.06. The van der Waals surface area contributed by atoms with Crippen molar-refractivity contribution in [1.82, 2.24) is 0 Å². The fourth-order valence-electron chi connectivity index (χ4n) is 3.10. The number of amides is 1. The molecule has 0 aliphatic rings. The normalized spacial score (nSPS) is 10.4. The summed E-state index contributed by atoms with van der Waals surface area (Å²) in [5.74, 6) is -0.828. The molecule has 3 rings (SSSR count). The summed E-state index contributed by atoms with van der Waals surface area (Å²) in [4.78, 5) is 35.7. The number of ether oxygens (including phenoxy) is 1. The SMILES string of the molecule is CCc1ccc(N(C)C(=O)c2ccc([N+](=O)[O-])cc2)c(OCc2ccc(C(=O)O)cc2)c1. The maximum Gasteiger partial charge on any atom is 0.335 e. The van der Waals surface area contributed by atoms with Crippen molar-refractivity contribution < 1.29 is 24.4 Å². The molecule has 0 atom stereocenters. The lowest BCUT2D eigenvalue weighted by molar-refractivity contribution is -0.384. The Kier molecular flexibility index (Phi) is 6.84. The second kappa shape index (κ2) is 9.74. The van der Waals surface area contributed by atoms with Crippen LogP contribution < -0.4 is 9.64 Å². The third-order valence-electron chi connectivity index (χ3n) is 5.02. The molecule has 8 nitrogen and oxygen atoms in total. The molecule has 0 saturated carbocycles. The quantitative estimate of drug-likeness (QED) is 0.406. The highest BCUT2D eigenvalue weighted by atomic mass is 16.6. The number of hydrogen-bond donors (Lipinski definition) is 1. The number of nitro groups is 1. The average molecular weight is 434 g/mol. The second-order valence-corrected chi connectivity index (χ2v) is 7.11. The molecular weight excluding hydrogens is 412 g/mol. The van der Waals surface area contributed by atoms with Crippen molar-refractivity contribution in [2.24, 2.45) is 0 Å². The monoisotopic (exact) mass is 434 g/mol. The Balaban J connectivity index is 1.83. The van der Waals surface area contributed by atoms with Crippen LogP contribution >= 0.6 is 0 Å². The van der Waals surface area contributed by atoms with E-state index in [1.165, 1.54) is 41.3 Å². The highest BCUT2D eigenvalue weighted by Gasteiger charge is 2.19. The number of benzene rings is 3. The predicted octanol–water partition coefficient (Wildman–Crippen LogP) is 4.71. The fraction of sp³-hybridized carbons (Fsp3) is 0.167. The van der Waals surface area contributed by atoms with Gasteiger partial charge in [-0.3, -0.25) is 14.9 Å². The predicted molar refractivity (Wildman–Crippen MR) is 119 cm³/mol. The third kappa shape index (κ3) is 5.10. The summed E-state index contributed by atoms with van der Waals surface area (Å²) in [6.45, 7) is 2.20. The molecule has 0 radical (unpaired) electrons. The number of carboxylic acids is 1. The third-order valence-corrected chi connectivity index (χ3v) is 5.02. The average Bonchev–Trinajstić information content (AvgIpc) is 2.81. The van der Waals surface area contributed by atoms with Crippen LogP contribution in [0.3, 0.4) is 0 Å². The molecule has 1 N–H and O–H groups in total. The number of carboxylic acid groups (broad SMARTS) is 1.